The Balaban J connectivity index is 1.43. The number of anilines is 1. The lowest BCUT2D eigenvalue weighted by atomic mass is 9.91. The fourth-order valence-corrected chi connectivity index (χ4v) is 5.16. The van der Waals surface area contributed by atoms with Crippen molar-refractivity contribution < 1.29 is 8.78 Å². The van der Waals surface area contributed by atoms with Crippen LogP contribution in [0.3, 0.4) is 0 Å². The Morgan fingerprint density at radius 3 is 2.71 bits per heavy atom. The summed E-state index contributed by atoms with van der Waals surface area (Å²) in [5.74, 6) is 0.961. The van der Waals surface area contributed by atoms with Gasteiger partial charge in [-0.2, -0.15) is 0 Å². The maximum Gasteiger partial charge on any atom is 0.250 e. The van der Waals surface area contributed by atoms with Gasteiger partial charge in [0.2, 0.25) is 0 Å². The van der Waals surface area contributed by atoms with Gasteiger partial charge in [-0.15, -0.1) is 11.3 Å². The Bertz CT molecular complexity index is 710. The minimum atomic E-state index is -2.27. The van der Waals surface area contributed by atoms with Crippen LogP contribution >= 0.6 is 11.3 Å². The molecular weight excluding hydrogens is 330 g/mol. The Kier molecular flexibility index (Phi) is 4.63. The van der Waals surface area contributed by atoms with Gasteiger partial charge in [0.25, 0.3) is 6.43 Å². The van der Waals surface area contributed by atoms with Gasteiger partial charge in [-0.1, -0.05) is 0 Å². The molecule has 0 aromatic carbocycles. The second-order valence-electron chi connectivity index (χ2n) is 6.75. The minimum absolute atomic E-state index is 0.198. The zero-order valence-corrected chi connectivity index (χ0v) is 14.3. The topological polar surface area (TPSA) is 49.8 Å². The number of nitrogens with one attached hydrogen (secondary N) is 2. The van der Waals surface area contributed by atoms with Crippen molar-refractivity contribution in [2.45, 2.75) is 63.5 Å². The normalized spacial score (nSPS) is 23.8. The summed E-state index contributed by atoms with van der Waals surface area (Å²) in [6, 6.07) is 0.581. The summed E-state index contributed by atoms with van der Waals surface area (Å²) >= 11 is 1.80. The van der Waals surface area contributed by atoms with Crippen molar-refractivity contribution in [1.29, 1.82) is 0 Å². The third-order valence-electron chi connectivity index (χ3n) is 5.13. The molecule has 4 nitrogen and oxygen atoms in total. The van der Waals surface area contributed by atoms with Crippen molar-refractivity contribution in [3.63, 3.8) is 0 Å². The van der Waals surface area contributed by atoms with Crippen LogP contribution in [-0.2, 0) is 12.8 Å². The summed E-state index contributed by atoms with van der Waals surface area (Å²) in [4.78, 5) is 11.5. The molecule has 1 saturated carbocycles. The van der Waals surface area contributed by atoms with E-state index in [1.165, 1.54) is 22.2 Å². The molecule has 4 rings (SSSR count). The van der Waals surface area contributed by atoms with Crippen molar-refractivity contribution >= 4 is 27.4 Å². The number of aryl methyl sites for hydroxylation is 2. The van der Waals surface area contributed by atoms with E-state index in [1.807, 2.05) is 0 Å². The highest BCUT2D eigenvalue weighted by Gasteiger charge is 2.25. The molecule has 2 aliphatic carbocycles. The van der Waals surface area contributed by atoms with Gasteiger partial charge < -0.3 is 10.6 Å². The fourth-order valence-electron chi connectivity index (χ4n) is 3.93. The lowest BCUT2D eigenvalue weighted by molar-refractivity contribution is 0.137. The lowest BCUT2D eigenvalue weighted by Gasteiger charge is -2.30. The van der Waals surface area contributed by atoms with Gasteiger partial charge in [-0.3, -0.25) is 0 Å². The summed E-state index contributed by atoms with van der Waals surface area (Å²) in [5, 5.41) is 7.78. The van der Waals surface area contributed by atoms with Crippen LogP contribution < -0.4 is 10.6 Å². The van der Waals surface area contributed by atoms with E-state index in [1.54, 1.807) is 17.7 Å². The monoisotopic (exact) mass is 352 g/mol. The number of hydrogen-bond donors (Lipinski definition) is 2. The summed E-state index contributed by atoms with van der Waals surface area (Å²) in [7, 11) is 0. The number of fused-ring (bicyclic) bond motifs is 3. The van der Waals surface area contributed by atoms with E-state index in [2.05, 4.69) is 20.6 Å². The van der Waals surface area contributed by atoms with Gasteiger partial charge in [0.05, 0.1) is 11.9 Å². The molecule has 2 aromatic heterocycles. The summed E-state index contributed by atoms with van der Waals surface area (Å²) in [6.07, 6.45) is 6.73. The third kappa shape index (κ3) is 3.24. The van der Waals surface area contributed by atoms with Crippen molar-refractivity contribution in [2.24, 2.45) is 0 Å². The van der Waals surface area contributed by atoms with Crippen LogP contribution in [0.4, 0.5) is 14.6 Å². The summed E-state index contributed by atoms with van der Waals surface area (Å²) in [5.41, 5.74) is 1.44. The smallest absolute Gasteiger partial charge is 0.250 e. The van der Waals surface area contributed by atoms with Gasteiger partial charge in [0.1, 0.15) is 17.0 Å². The predicted molar refractivity (Wildman–Crippen MR) is 93.1 cm³/mol. The van der Waals surface area contributed by atoms with E-state index in [9.17, 15) is 8.78 Å². The standard InChI is InChI=1S/C17H22F2N4S/c18-14(19)8-20-10-4-6-11(7-5-10)23-16-15-12-2-1-3-13(12)24-17(15)22-9-21-16/h9-11,14,20H,1-8H2,(H,21,22,23)/t10-,11-. The van der Waals surface area contributed by atoms with E-state index >= 15 is 0 Å². The first kappa shape index (κ1) is 16.1. The van der Waals surface area contributed by atoms with Crippen LogP contribution in [0.15, 0.2) is 6.33 Å². The van der Waals surface area contributed by atoms with Gasteiger partial charge in [-0.05, 0) is 50.5 Å². The van der Waals surface area contributed by atoms with Crippen LogP contribution in [0.2, 0.25) is 0 Å². The fraction of sp³-hybridized carbons (Fsp3) is 0.647. The molecule has 2 N–H and O–H groups in total. The largest absolute Gasteiger partial charge is 0.367 e. The summed E-state index contributed by atoms with van der Waals surface area (Å²) in [6.45, 7) is -0.198. The highest BCUT2D eigenvalue weighted by molar-refractivity contribution is 7.19. The second-order valence-corrected chi connectivity index (χ2v) is 7.84. The van der Waals surface area contributed by atoms with Crippen molar-refractivity contribution in [3.05, 3.63) is 16.8 Å². The molecule has 130 valence electrons. The molecule has 7 heteroatoms. The van der Waals surface area contributed by atoms with E-state index in [0.29, 0.717) is 6.04 Å². The molecule has 0 atom stereocenters. The van der Waals surface area contributed by atoms with E-state index in [-0.39, 0.29) is 12.6 Å². The number of thiophene rings is 1. The van der Waals surface area contributed by atoms with Crippen molar-refractivity contribution in [1.82, 2.24) is 15.3 Å². The molecule has 2 aromatic rings. The van der Waals surface area contributed by atoms with E-state index < -0.39 is 6.43 Å². The van der Waals surface area contributed by atoms with Crippen LogP contribution in [-0.4, -0.2) is 35.0 Å². The molecule has 0 amide bonds. The third-order valence-corrected chi connectivity index (χ3v) is 6.33. The number of hydrogen-bond acceptors (Lipinski definition) is 5. The average molecular weight is 352 g/mol. The molecule has 24 heavy (non-hydrogen) atoms. The molecule has 2 heterocycles. The maximum absolute atomic E-state index is 12.3. The number of alkyl halides is 2. The van der Waals surface area contributed by atoms with Crippen LogP contribution in [0.25, 0.3) is 10.2 Å². The molecule has 0 unspecified atom stereocenters. The highest BCUT2D eigenvalue weighted by atomic mass is 32.1. The van der Waals surface area contributed by atoms with Crippen LogP contribution in [0, 0.1) is 0 Å². The van der Waals surface area contributed by atoms with Crippen LogP contribution in [0.5, 0.6) is 0 Å². The minimum Gasteiger partial charge on any atom is -0.367 e. The first-order valence-corrected chi connectivity index (χ1v) is 9.55. The molecule has 0 spiro atoms. The van der Waals surface area contributed by atoms with E-state index in [0.717, 1.165) is 49.2 Å². The van der Waals surface area contributed by atoms with Gasteiger partial charge in [0.15, 0.2) is 0 Å². The zero-order valence-electron chi connectivity index (χ0n) is 13.5. The van der Waals surface area contributed by atoms with Gasteiger partial charge >= 0.3 is 0 Å². The number of rotatable bonds is 5. The Morgan fingerprint density at radius 1 is 1.12 bits per heavy atom. The van der Waals surface area contributed by atoms with Gasteiger partial charge in [-0.25, -0.2) is 18.7 Å². The summed E-state index contributed by atoms with van der Waals surface area (Å²) < 4.78 is 24.6. The first-order chi connectivity index (χ1) is 11.7. The average Bonchev–Trinajstić information content (AvgIpc) is 3.15. The van der Waals surface area contributed by atoms with Crippen molar-refractivity contribution in [3.8, 4) is 0 Å². The number of halogens is 2. The quantitative estimate of drug-likeness (QED) is 0.860. The molecule has 0 saturated heterocycles. The molecule has 0 radical (unpaired) electrons. The van der Waals surface area contributed by atoms with E-state index in [4.69, 9.17) is 0 Å². The van der Waals surface area contributed by atoms with Crippen molar-refractivity contribution in [2.75, 3.05) is 11.9 Å². The molecule has 0 bridgehead atoms. The second kappa shape index (κ2) is 6.88. The number of aromatic nitrogens is 2. The number of nitrogens with zero attached hydrogens (tertiary/aromatic N) is 2. The molecule has 1 fully saturated rings. The SMILES string of the molecule is FC(F)CN[C@H]1CC[C@H](Nc2ncnc3sc4c(c23)CCC4)CC1. The molecular formula is C17H22F2N4S. The zero-order chi connectivity index (χ0) is 16.5. The van der Waals surface area contributed by atoms with Gasteiger partial charge in [0, 0.05) is 17.0 Å². The first-order valence-electron chi connectivity index (χ1n) is 8.74. The predicted octanol–water partition coefficient (Wildman–Crippen LogP) is 3.76. The molecule has 0 aliphatic heterocycles. The van der Waals surface area contributed by atoms with Crippen LogP contribution in [0.1, 0.15) is 42.5 Å². The molecule has 2 aliphatic rings. The Hall–Kier alpha value is -1.34. The highest BCUT2D eigenvalue weighted by Crippen LogP contribution is 2.39. The Labute approximate surface area is 144 Å². The lowest BCUT2D eigenvalue weighted by Crippen LogP contribution is -2.39. The Morgan fingerprint density at radius 2 is 1.92 bits per heavy atom. The maximum atomic E-state index is 12.3.